The quantitative estimate of drug-likeness (QED) is 0.467. The summed E-state index contributed by atoms with van der Waals surface area (Å²) in [5.41, 5.74) is 0. The van der Waals surface area contributed by atoms with Crippen LogP contribution in [0.3, 0.4) is 0 Å². The Morgan fingerprint density at radius 1 is 0.900 bits per heavy atom. The zero-order chi connectivity index (χ0) is 6.81. The van der Waals surface area contributed by atoms with Crippen LogP contribution in [0.2, 0.25) is 0 Å². The summed E-state index contributed by atoms with van der Waals surface area (Å²) >= 11 is 0. The van der Waals surface area contributed by atoms with Crippen LogP contribution in [-0.4, -0.2) is 30.6 Å². The van der Waals surface area contributed by atoms with Gasteiger partial charge in [0, 0.05) is 6.20 Å². The van der Waals surface area contributed by atoms with Gasteiger partial charge < -0.3 is 0 Å². The molecule has 0 bridgehead atoms. The molecule has 2 rings (SSSR count). The molecular weight excluding hydrogens is 132 g/mol. The predicted octanol–water partition coefficient (Wildman–Crippen LogP) is -0.839. The van der Waals surface area contributed by atoms with Crippen molar-refractivity contribution in [2.45, 2.75) is 0 Å². The molecule has 2 heterocycles. The van der Waals surface area contributed by atoms with E-state index in [1.807, 2.05) is 0 Å². The van der Waals surface area contributed by atoms with Crippen molar-refractivity contribution in [3.05, 3.63) is 12.4 Å². The van der Waals surface area contributed by atoms with E-state index in [0.29, 0.717) is 11.6 Å². The van der Waals surface area contributed by atoms with Gasteiger partial charge in [-0.05, 0) is 5.21 Å². The largest absolute Gasteiger partial charge is 0.244 e. The molecule has 0 aromatic carbocycles. The van der Waals surface area contributed by atoms with Gasteiger partial charge in [-0.1, -0.05) is 0 Å². The molecule has 0 saturated carbocycles. The molecule has 6 heteroatoms. The highest BCUT2D eigenvalue weighted by molar-refractivity contribution is 5.39. The molecule has 0 saturated heterocycles. The molecule has 10 heavy (non-hydrogen) atoms. The van der Waals surface area contributed by atoms with Crippen LogP contribution in [0.5, 0.6) is 0 Å². The number of nitrogens with zero attached hydrogens (tertiary/aromatic N) is 6. The van der Waals surface area contributed by atoms with Gasteiger partial charge >= 0.3 is 0 Å². The van der Waals surface area contributed by atoms with Crippen LogP contribution in [0.15, 0.2) is 12.4 Å². The van der Waals surface area contributed by atoms with E-state index in [1.165, 1.54) is 12.4 Å². The van der Waals surface area contributed by atoms with Gasteiger partial charge in [0.1, 0.15) is 0 Å². The highest BCUT2D eigenvalue weighted by Gasteiger charge is 2.06. The van der Waals surface area contributed by atoms with E-state index in [4.69, 9.17) is 0 Å². The minimum Gasteiger partial charge on any atom is -0.230 e. The highest BCUT2D eigenvalue weighted by Crippen LogP contribution is 2.02. The van der Waals surface area contributed by atoms with Crippen molar-refractivity contribution in [1.29, 1.82) is 0 Å². The maximum atomic E-state index is 3.84. The topological polar surface area (TPSA) is 77.3 Å². The van der Waals surface area contributed by atoms with E-state index in [0.717, 1.165) is 0 Å². The average Bonchev–Trinajstić information content (AvgIpc) is 2.28. The monoisotopic (exact) mass is 134 g/mol. The number of hydrogen-bond donors (Lipinski definition) is 0. The first-order valence-electron chi connectivity index (χ1n) is 2.59. The first-order chi connectivity index (χ1) is 4.97. The minimum absolute atomic E-state index is 0.366. The predicted molar refractivity (Wildman–Crippen MR) is 29.8 cm³/mol. The first-order valence-corrected chi connectivity index (χ1v) is 2.59. The summed E-state index contributed by atoms with van der Waals surface area (Å²) in [6.07, 6.45) is 2.95. The maximum Gasteiger partial charge on any atom is 0.244 e. The second-order valence-electron chi connectivity index (χ2n) is 1.58. The lowest BCUT2D eigenvalue weighted by Crippen LogP contribution is -1.80. The molecule has 2 aliphatic heterocycles. The molecule has 0 aliphatic carbocycles. The van der Waals surface area contributed by atoms with E-state index in [-0.39, 0.29) is 0 Å². The fourth-order valence-electron chi connectivity index (χ4n) is 0.567. The number of aromatic nitrogens is 6. The normalized spacial score (nSPS) is 10.0. The van der Waals surface area contributed by atoms with Crippen molar-refractivity contribution in [1.82, 2.24) is 30.6 Å². The van der Waals surface area contributed by atoms with Gasteiger partial charge in [-0.2, -0.15) is 5.10 Å². The van der Waals surface area contributed by atoms with Gasteiger partial charge in [-0.15, -0.1) is 15.3 Å². The summed E-state index contributed by atoms with van der Waals surface area (Å²) in [5.74, 6) is 0.780. The Kier molecular flexibility index (Phi) is 0.970. The van der Waals surface area contributed by atoms with Crippen LogP contribution in [0.1, 0.15) is 0 Å². The van der Waals surface area contributed by atoms with Gasteiger partial charge in [0.15, 0.2) is 0 Å². The van der Waals surface area contributed by atoms with Gasteiger partial charge in [0.25, 0.3) is 0 Å². The summed E-state index contributed by atoms with van der Waals surface area (Å²) in [6.45, 7) is 0. The summed E-state index contributed by atoms with van der Waals surface area (Å²) in [7, 11) is 0. The summed E-state index contributed by atoms with van der Waals surface area (Å²) in [6, 6.07) is 0. The molecule has 0 aromatic heterocycles. The molecule has 48 valence electrons. The lowest BCUT2D eigenvalue weighted by molar-refractivity contribution is 0.926. The van der Waals surface area contributed by atoms with Crippen LogP contribution in [0, 0.1) is 0 Å². The fraction of sp³-hybridized carbons (Fsp3) is 0. The lowest BCUT2D eigenvalue weighted by Gasteiger charge is -1.74. The Hall–Kier alpha value is -1.72. The maximum absolute atomic E-state index is 3.84. The van der Waals surface area contributed by atoms with Crippen molar-refractivity contribution in [2.75, 3.05) is 0 Å². The van der Waals surface area contributed by atoms with E-state index in [9.17, 15) is 0 Å². The van der Waals surface area contributed by atoms with E-state index < -0.39 is 0 Å². The van der Waals surface area contributed by atoms with Gasteiger partial charge in [0.05, 0.1) is 6.20 Å². The van der Waals surface area contributed by atoms with Crippen molar-refractivity contribution >= 4 is 0 Å². The molecule has 0 fully saturated rings. The average molecular weight is 134 g/mol. The Morgan fingerprint density at radius 3 is 2.80 bits per heavy atom. The zero-order valence-corrected chi connectivity index (χ0v) is 4.84. The molecule has 0 spiro atoms. The Bertz CT molecular complexity index is 281. The Labute approximate surface area is 55.7 Å². The number of rotatable bonds is 0. The summed E-state index contributed by atoms with van der Waals surface area (Å²) in [4.78, 5) is 3.84. The van der Waals surface area contributed by atoms with Crippen molar-refractivity contribution < 1.29 is 0 Å². The van der Waals surface area contributed by atoms with Crippen LogP contribution in [-0.2, 0) is 0 Å². The standard InChI is InChI=1S/C4H2N6/c1-2-6-7-4-3(5-1)8-10-9-4/h1-2H. The first kappa shape index (κ1) is 5.10. The Morgan fingerprint density at radius 2 is 1.80 bits per heavy atom. The second-order valence-corrected chi connectivity index (χ2v) is 1.58. The molecule has 0 atom stereocenters. The van der Waals surface area contributed by atoms with Gasteiger partial charge in [-0.25, -0.2) is 4.98 Å². The van der Waals surface area contributed by atoms with Crippen LogP contribution < -0.4 is 0 Å². The van der Waals surface area contributed by atoms with E-state index in [1.54, 1.807) is 0 Å². The molecule has 2 aliphatic rings. The third-order valence-corrected chi connectivity index (χ3v) is 0.961. The van der Waals surface area contributed by atoms with Crippen LogP contribution in [0.4, 0.5) is 0 Å². The van der Waals surface area contributed by atoms with E-state index >= 15 is 0 Å². The van der Waals surface area contributed by atoms with Crippen LogP contribution in [0.25, 0.3) is 11.6 Å². The van der Waals surface area contributed by atoms with Crippen molar-refractivity contribution in [3.8, 4) is 11.6 Å². The van der Waals surface area contributed by atoms with Crippen LogP contribution >= 0.6 is 0 Å². The molecular formula is C4H2N6. The SMILES string of the molecule is c1cnc2nnnc-2nn1. The van der Waals surface area contributed by atoms with E-state index in [2.05, 4.69) is 30.6 Å². The third kappa shape index (κ3) is 0.661. The highest BCUT2D eigenvalue weighted by atomic mass is 15.4. The fourth-order valence-corrected chi connectivity index (χ4v) is 0.567. The molecule has 6 nitrogen and oxygen atoms in total. The molecule has 0 aromatic rings. The van der Waals surface area contributed by atoms with Gasteiger partial charge in [-0.3, -0.25) is 0 Å². The molecule has 0 N–H and O–H groups in total. The lowest BCUT2D eigenvalue weighted by atomic mass is 10.6. The molecule has 0 radical (unpaired) electrons. The third-order valence-electron chi connectivity index (χ3n) is 0.961. The van der Waals surface area contributed by atoms with Crippen molar-refractivity contribution in [2.24, 2.45) is 0 Å². The minimum atomic E-state index is 0.366. The summed E-state index contributed by atoms with van der Waals surface area (Å²) in [5, 5.41) is 17.8. The second kappa shape index (κ2) is 1.90. The number of fused-ring (bicyclic) bond motifs is 1. The molecule has 0 unspecified atom stereocenters. The smallest absolute Gasteiger partial charge is 0.230 e. The zero-order valence-electron chi connectivity index (χ0n) is 4.84. The number of hydrogen-bond acceptors (Lipinski definition) is 6. The van der Waals surface area contributed by atoms with Gasteiger partial charge in [0.2, 0.25) is 11.6 Å². The molecule has 0 amide bonds. The summed E-state index contributed by atoms with van der Waals surface area (Å²) < 4.78 is 0. The Balaban J connectivity index is 2.74. The van der Waals surface area contributed by atoms with Crippen molar-refractivity contribution in [3.63, 3.8) is 0 Å².